The van der Waals surface area contributed by atoms with Gasteiger partial charge in [-0.3, -0.25) is 4.99 Å². The second kappa shape index (κ2) is 4.48. The molecule has 0 saturated carbocycles. The number of rotatable bonds is 2. The minimum Gasteiger partial charge on any atom is -0.468 e. The van der Waals surface area contributed by atoms with Crippen molar-refractivity contribution < 1.29 is 4.42 Å². The molecule has 0 amide bonds. The van der Waals surface area contributed by atoms with E-state index in [0.717, 1.165) is 24.6 Å². The lowest BCUT2D eigenvalue weighted by Gasteiger charge is -2.10. The molecule has 2 heterocycles. The van der Waals surface area contributed by atoms with Crippen molar-refractivity contribution in [3.8, 4) is 0 Å². The monoisotopic (exact) mass is 242 g/mol. The van der Waals surface area contributed by atoms with E-state index in [9.17, 15) is 0 Å². The van der Waals surface area contributed by atoms with Gasteiger partial charge in [-0.15, -0.1) is 0 Å². The van der Waals surface area contributed by atoms with Gasteiger partial charge in [0.25, 0.3) is 0 Å². The van der Waals surface area contributed by atoms with Gasteiger partial charge >= 0.3 is 0 Å². The molecule has 3 nitrogen and oxygen atoms in total. The number of hydrogen-bond donors (Lipinski definition) is 1. The summed E-state index contributed by atoms with van der Waals surface area (Å²) < 4.78 is 5.75. The van der Waals surface area contributed by atoms with Crippen LogP contribution in [0.15, 0.2) is 39.9 Å². The first-order valence-corrected chi connectivity index (χ1v) is 6.50. The van der Waals surface area contributed by atoms with Gasteiger partial charge in [0, 0.05) is 29.2 Å². The van der Waals surface area contributed by atoms with Crippen molar-refractivity contribution in [2.24, 2.45) is 4.99 Å². The van der Waals surface area contributed by atoms with Crippen LogP contribution in [0.25, 0.3) is 10.8 Å². The number of hydrogen-bond acceptors (Lipinski definition) is 3. The summed E-state index contributed by atoms with van der Waals surface area (Å²) in [6.45, 7) is 5.10. The number of nitrogens with one attached hydrogen (secondary N) is 1. The summed E-state index contributed by atoms with van der Waals surface area (Å²) in [5, 5.41) is 5.79. The second-order valence-electron chi connectivity index (χ2n) is 5.17. The van der Waals surface area contributed by atoms with Crippen LogP contribution in [0.2, 0.25) is 0 Å². The van der Waals surface area contributed by atoms with Crippen molar-refractivity contribution in [1.29, 1.82) is 0 Å². The average Bonchev–Trinajstić information content (AvgIpc) is 2.94. The Bertz CT molecular complexity index is 583. The van der Waals surface area contributed by atoms with E-state index in [-0.39, 0.29) is 0 Å². The number of fused-ring (bicyclic) bond motifs is 1. The summed E-state index contributed by atoms with van der Waals surface area (Å²) in [5.41, 5.74) is 0. The summed E-state index contributed by atoms with van der Waals surface area (Å²) in [7, 11) is 0. The molecule has 1 aliphatic rings. The fraction of sp³-hybridized carbons (Fsp3) is 0.400. The molecule has 0 spiro atoms. The van der Waals surface area contributed by atoms with Gasteiger partial charge in [-0.25, -0.2) is 0 Å². The Morgan fingerprint density at radius 1 is 1.33 bits per heavy atom. The number of furan rings is 1. The highest BCUT2D eigenvalue weighted by molar-refractivity contribution is 5.88. The topological polar surface area (TPSA) is 37.5 Å². The molecule has 1 aromatic heterocycles. The van der Waals surface area contributed by atoms with Gasteiger partial charge in [0.15, 0.2) is 0 Å². The van der Waals surface area contributed by atoms with E-state index in [1.165, 1.54) is 10.8 Å². The zero-order valence-electron chi connectivity index (χ0n) is 10.8. The smallest absolute Gasteiger partial charge is 0.116 e. The van der Waals surface area contributed by atoms with Crippen LogP contribution in [-0.4, -0.2) is 18.4 Å². The maximum atomic E-state index is 5.75. The van der Waals surface area contributed by atoms with Crippen molar-refractivity contribution in [3.63, 3.8) is 0 Å². The zero-order chi connectivity index (χ0) is 12.5. The lowest BCUT2D eigenvalue weighted by Crippen LogP contribution is -2.29. The first-order chi connectivity index (χ1) is 8.74. The van der Waals surface area contributed by atoms with Crippen LogP contribution in [0.4, 0.5) is 0 Å². The number of benzene rings is 1. The van der Waals surface area contributed by atoms with Gasteiger partial charge in [-0.2, -0.15) is 0 Å². The number of amidine groups is 1. The quantitative estimate of drug-likeness (QED) is 0.877. The molecule has 0 fully saturated rings. The molecular formula is C15H18N2O. The largest absolute Gasteiger partial charge is 0.468 e. The van der Waals surface area contributed by atoms with Crippen molar-refractivity contribution >= 4 is 16.6 Å². The van der Waals surface area contributed by atoms with Gasteiger partial charge in [-0.05, 0) is 13.8 Å². The third kappa shape index (κ3) is 2.01. The standard InChI is InChI=1S/C15H18N2O/c1-10(2)17-14-7-12(8-16-14)15-13-6-4-3-5-11(13)9-18-15/h3-6,9-10,12H,7-8H2,1-2H3,(H,16,17). The van der Waals surface area contributed by atoms with Crippen molar-refractivity contribution in [2.75, 3.05) is 6.54 Å². The fourth-order valence-electron chi connectivity index (χ4n) is 2.53. The highest BCUT2D eigenvalue weighted by Crippen LogP contribution is 2.32. The lowest BCUT2D eigenvalue weighted by atomic mass is 10.0. The maximum Gasteiger partial charge on any atom is 0.116 e. The Labute approximate surface area is 107 Å². The van der Waals surface area contributed by atoms with Crippen LogP contribution in [0, 0.1) is 0 Å². The van der Waals surface area contributed by atoms with Crippen molar-refractivity contribution in [3.05, 3.63) is 36.3 Å². The van der Waals surface area contributed by atoms with Gasteiger partial charge in [0.05, 0.1) is 18.6 Å². The Hall–Kier alpha value is -1.77. The molecular weight excluding hydrogens is 224 g/mol. The minimum atomic E-state index is 0.381. The normalized spacial score (nSPS) is 19.5. The molecule has 0 radical (unpaired) electrons. The second-order valence-corrected chi connectivity index (χ2v) is 5.17. The summed E-state index contributed by atoms with van der Waals surface area (Å²) in [5.74, 6) is 2.57. The Kier molecular flexibility index (Phi) is 2.82. The molecule has 0 aliphatic carbocycles. The zero-order valence-corrected chi connectivity index (χ0v) is 10.8. The highest BCUT2D eigenvalue weighted by atomic mass is 16.3. The van der Waals surface area contributed by atoms with Crippen LogP contribution in [0.1, 0.15) is 31.9 Å². The van der Waals surface area contributed by atoms with Crippen LogP contribution in [0.5, 0.6) is 0 Å². The Morgan fingerprint density at radius 3 is 3.00 bits per heavy atom. The van der Waals surface area contributed by atoms with Gasteiger partial charge < -0.3 is 9.73 Å². The van der Waals surface area contributed by atoms with E-state index in [4.69, 9.17) is 4.42 Å². The van der Waals surface area contributed by atoms with Crippen LogP contribution >= 0.6 is 0 Å². The predicted octanol–water partition coefficient (Wildman–Crippen LogP) is 3.32. The summed E-state index contributed by atoms with van der Waals surface area (Å²) >= 11 is 0. The first-order valence-electron chi connectivity index (χ1n) is 6.50. The Morgan fingerprint density at radius 2 is 2.17 bits per heavy atom. The summed E-state index contributed by atoms with van der Waals surface area (Å²) in [6.07, 6.45) is 2.80. The summed E-state index contributed by atoms with van der Waals surface area (Å²) in [6, 6.07) is 8.76. The number of nitrogens with zero attached hydrogens (tertiary/aromatic N) is 1. The average molecular weight is 242 g/mol. The van der Waals surface area contributed by atoms with Gasteiger partial charge in [0.2, 0.25) is 0 Å². The summed E-state index contributed by atoms with van der Waals surface area (Å²) in [4.78, 5) is 4.57. The molecule has 1 aliphatic heterocycles. The van der Waals surface area contributed by atoms with Crippen molar-refractivity contribution in [2.45, 2.75) is 32.2 Å². The number of aliphatic imine (C=N–C) groups is 1. The Balaban J connectivity index is 1.82. The fourth-order valence-corrected chi connectivity index (χ4v) is 2.53. The molecule has 1 unspecified atom stereocenters. The third-order valence-corrected chi connectivity index (χ3v) is 3.31. The van der Waals surface area contributed by atoms with Crippen molar-refractivity contribution in [1.82, 2.24) is 5.32 Å². The SMILES string of the molecule is CC(C)NC1=NCC(c2occ3ccccc23)C1. The molecule has 0 bridgehead atoms. The lowest BCUT2D eigenvalue weighted by molar-refractivity contribution is 0.481. The minimum absolute atomic E-state index is 0.381. The van der Waals surface area contributed by atoms with E-state index < -0.39 is 0 Å². The molecule has 0 saturated heterocycles. The van der Waals surface area contributed by atoms with E-state index >= 15 is 0 Å². The molecule has 1 atom stereocenters. The van der Waals surface area contributed by atoms with E-state index in [2.05, 4.69) is 42.4 Å². The van der Waals surface area contributed by atoms with Gasteiger partial charge in [-0.1, -0.05) is 24.3 Å². The van der Waals surface area contributed by atoms with E-state index in [1.54, 1.807) is 0 Å². The molecule has 3 heteroatoms. The van der Waals surface area contributed by atoms with Crippen LogP contribution in [-0.2, 0) is 0 Å². The molecule has 18 heavy (non-hydrogen) atoms. The van der Waals surface area contributed by atoms with Gasteiger partial charge in [0.1, 0.15) is 5.76 Å². The van der Waals surface area contributed by atoms with E-state index in [0.29, 0.717) is 12.0 Å². The molecule has 1 N–H and O–H groups in total. The van der Waals surface area contributed by atoms with E-state index in [1.807, 2.05) is 12.3 Å². The van der Waals surface area contributed by atoms with Crippen LogP contribution in [0.3, 0.4) is 0 Å². The molecule has 1 aromatic carbocycles. The van der Waals surface area contributed by atoms with Crippen LogP contribution < -0.4 is 5.32 Å². The first kappa shape index (κ1) is 11.3. The third-order valence-electron chi connectivity index (χ3n) is 3.31. The maximum absolute atomic E-state index is 5.75. The predicted molar refractivity (Wildman–Crippen MR) is 74.1 cm³/mol. The molecule has 2 aromatic rings. The molecule has 3 rings (SSSR count). The highest BCUT2D eigenvalue weighted by Gasteiger charge is 2.25. The molecule has 94 valence electrons.